The van der Waals surface area contributed by atoms with Crippen LogP contribution in [0.25, 0.3) is 6.08 Å². The maximum Gasteiger partial charge on any atom is 0.267 e. The third-order valence-corrected chi connectivity index (χ3v) is 5.07. The number of hydrogen-bond acceptors (Lipinski definition) is 5. The number of allylic oxidation sites excluding steroid dienone is 2. The van der Waals surface area contributed by atoms with Gasteiger partial charge in [0.1, 0.15) is 0 Å². The van der Waals surface area contributed by atoms with Crippen molar-refractivity contribution in [2.45, 2.75) is 0 Å². The monoisotopic (exact) mass is 387 g/mol. The van der Waals surface area contributed by atoms with Crippen LogP contribution >= 0.6 is 34.7 Å². The molecule has 0 aliphatic carbocycles. The van der Waals surface area contributed by atoms with Gasteiger partial charge >= 0.3 is 0 Å². The van der Waals surface area contributed by atoms with E-state index in [1.54, 1.807) is 23.2 Å². The molecule has 4 nitrogen and oxygen atoms in total. The Hall–Kier alpha value is -2.15. The van der Waals surface area contributed by atoms with E-state index in [0.29, 0.717) is 26.8 Å². The average molecular weight is 388 g/mol. The Morgan fingerprint density at radius 3 is 2.84 bits per heavy atom. The molecule has 1 saturated heterocycles. The lowest BCUT2D eigenvalue weighted by atomic mass is 10.2. The Bertz CT molecular complexity index is 858. The molecule has 0 saturated carbocycles. The number of halogens is 1. The Kier molecular flexibility index (Phi) is 5.86. The number of thiazole rings is 1. The molecule has 1 aliphatic rings. The zero-order valence-electron chi connectivity index (χ0n) is 13.1. The zero-order valence-corrected chi connectivity index (χ0v) is 15.5. The van der Waals surface area contributed by atoms with E-state index < -0.39 is 0 Å². The predicted octanol–water partition coefficient (Wildman–Crippen LogP) is 5.06. The first-order valence-corrected chi connectivity index (χ1v) is 9.47. The van der Waals surface area contributed by atoms with E-state index in [1.165, 1.54) is 23.1 Å². The molecule has 25 heavy (non-hydrogen) atoms. The van der Waals surface area contributed by atoms with Crippen molar-refractivity contribution in [3.63, 3.8) is 0 Å². The van der Waals surface area contributed by atoms with Gasteiger partial charge in [0.25, 0.3) is 5.91 Å². The fraction of sp³-hybridized carbons (Fsp3) is 0.0556. The summed E-state index contributed by atoms with van der Waals surface area (Å²) in [4.78, 5) is 23.3. The highest BCUT2D eigenvalue weighted by Gasteiger charge is 2.32. The van der Waals surface area contributed by atoms with Crippen LogP contribution in [-0.2, 0) is 4.79 Å². The second-order valence-corrected chi connectivity index (χ2v) is 7.28. The summed E-state index contributed by atoms with van der Waals surface area (Å²) >= 11 is 9.01. The zero-order chi connectivity index (χ0) is 17.6. The van der Waals surface area contributed by atoms with Crippen LogP contribution in [0.3, 0.4) is 0 Å². The van der Waals surface area contributed by atoms with Crippen LogP contribution in [0.15, 0.2) is 75.6 Å². The van der Waals surface area contributed by atoms with E-state index in [2.05, 4.69) is 16.6 Å². The van der Waals surface area contributed by atoms with E-state index in [9.17, 15) is 4.79 Å². The minimum absolute atomic E-state index is 0.139. The van der Waals surface area contributed by atoms with Gasteiger partial charge in [-0.25, -0.2) is 4.98 Å². The van der Waals surface area contributed by atoms with Crippen molar-refractivity contribution < 1.29 is 4.79 Å². The van der Waals surface area contributed by atoms with Gasteiger partial charge in [-0.3, -0.25) is 9.69 Å². The third kappa shape index (κ3) is 4.48. The van der Waals surface area contributed by atoms with Crippen molar-refractivity contribution >= 4 is 57.0 Å². The summed E-state index contributed by atoms with van der Waals surface area (Å²) in [5.74, 6) is -0.139. The summed E-state index contributed by atoms with van der Waals surface area (Å²) in [6, 6.07) is 9.70. The highest BCUT2D eigenvalue weighted by molar-refractivity contribution is 8.18. The first-order valence-electron chi connectivity index (χ1n) is 7.40. The molecule has 1 fully saturated rings. The SMILES string of the molecule is C=CCN1C(=O)/C(=C/C(Cl)=C/c2ccccc2)S/C1=N/c1nccs1. The summed E-state index contributed by atoms with van der Waals surface area (Å²) in [5, 5.41) is 3.51. The number of thioether (sulfide) groups is 1. The molecule has 126 valence electrons. The molecular weight excluding hydrogens is 374 g/mol. The average Bonchev–Trinajstić information content (AvgIpc) is 3.20. The number of hydrogen-bond donors (Lipinski definition) is 0. The number of aliphatic imine (C=N–C) groups is 1. The van der Waals surface area contributed by atoms with E-state index >= 15 is 0 Å². The van der Waals surface area contributed by atoms with Crippen LogP contribution in [0.5, 0.6) is 0 Å². The second kappa shape index (κ2) is 8.29. The quantitative estimate of drug-likeness (QED) is 0.532. The van der Waals surface area contributed by atoms with Gasteiger partial charge in [0.15, 0.2) is 5.17 Å². The lowest BCUT2D eigenvalue weighted by molar-refractivity contribution is -0.121. The largest absolute Gasteiger partial charge is 0.282 e. The first-order chi connectivity index (χ1) is 12.2. The van der Waals surface area contributed by atoms with Crippen LogP contribution in [0.4, 0.5) is 5.13 Å². The van der Waals surface area contributed by atoms with Crippen LogP contribution in [0, 0.1) is 0 Å². The molecule has 0 unspecified atom stereocenters. The third-order valence-electron chi connectivity index (χ3n) is 3.18. The van der Waals surface area contributed by atoms with E-state index in [0.717, 1.165) is 5.56 Å². The number of carbonyl (C=O) groups excluding carboxylic acids is 1. The van der Waals surface area contributed by atoms with Crippen molar-refractivity contribution in [1.82, 2.24) is 9.88 Å². The van der Waals surface area contributed by atoms with Gasteiger partial charge in [-0.2, -0.15) is 4.99 Å². The van der Waals surface area contributed by atoms with Gasteiger partial charge in [0, 0.05) is 23.2 Å². The van der Waals surface area contributed by atoms with E-state index in [1.807, 2.05) is 41.8 Å². The van der Waals surface area contributed by atoms with Crippen molar-refractivity contribution in [2.24, 2.45) is 4.99 Å². The molecule has 2 aromatic rings. The summed E-state index contributed by atoms with van der Waals surface area (Å²) in [6.45, 7) is 4.09. The summed E-state index contributed by atoms with van der Waals surface area (Å²) in [7, 11) is 0. The van der Waals surface area contributed by atoms with Gasteiger partial charge in [0.05, 0.1) is 4.91 Å². The molecule has 1 aromatic carbocycles. The lowest BCUT2D eigenvalue weighted by Gasteiger charge is -2.11. The number of nitrogens with zero attached hydrogens (tertiary/aromatic N) is 3. The summed E-state index contributed by atoms with van der Waals surface area (Å²) in [6.07, 6.45) is 6.83. The Balaban J connectivity index is 1.88. The number of amides is 1. The summed E-state index contributed by atoms with van der Waals surface area (Å²) in [5.41, 5.74) is 0.972. The maximum atomic E-state index is 12.6. The minimum atomic E-state index is -0.139. The highest BCUT2D eigenvalue weighted by atomic mass is 35.5. The smallest absolute Gasteiger partial charge is 0.267 e. The molecule has 0 radical (unpaired) electrons. The van der Waals surface area contributed by atoms with Crippen molar-refractivity contribution in [1.29, 1.82) is 0 Å². The van der Waals surface area contributed by atoms with E-state index in [-0.39, 0.29) is 5.91 Å². The topological polar surface area (TPSA) is 45.6 Å². The molecule has 3 rings (SSSR count). The minimum Gasteiger partial charge on any atom is -0.282 e. The number of rotatable bonds is 5. The van der Waals surface area contributed by atoms with Gasteiger partial charge in [-0.05, 0) is 29.5 Å². The van der Waals surface area contributed by atoms with Gasteiger partial charge in [-0.15, -0.1) is 17.9 Å². The fourth-order valence-electron chi connectivity index (χ4n) is 2.11. The van der Waals surface area contributed by atoms with Gasteiger partial charge in [0.2, 0.25) is 5.13 Å². The fourth-order valence-corrected chi connectivity index (χ4v) is 3.95. The molecule has 2 heterocycles. The van der Waals surface area contributed by atoms with Gasteiger partial charge < -0.3 is 0 Å². The Morgan fingerprint density at radius 1 is 1.36 bits per heavy atom. The number of amidine groups is 1. The molecule has 1 amide bonds. The second-order valence-electron chi connectivity index (χ2n) is 4.96. The molecule has 0 bridgehead atoms. The number of aromatic nitrogens is 1. The van der Waals surface area contributed by atoms with E-state index in [4.69, 9.17) is 11.6 Å². The standard InChI is InChI=1S/C18H14ClN3OS2/c1-2-9-22-16(23)15(25-18(22)21-17-20-8-10-24-17)12-14(19)11-13-6-4-3-5-7-13/h2-8,10-12H,1,9H2/b14-11-,15-12-,21-18+. The van der Waals surface area contributed by atoms with Crippen molar-refractivity contribution in [3.8, 4) is 0 Å². The Labute approximate surface area is 159 Å². The molecule has 1 aromatic heterocycles. The lowest BCUT2D eigenvalue weighted by Crippen LogP contribution is -2.29. The van der Waals surface area contributed by atoms with Gasteiger partial charge in [-0.1, -0.05) is 48.0 Å². The maximum absolute atomic E-state index is 12.6. The highest BCUT2D eigenvalue weighted by Crippen LogP contribution is 2.34. The van der Waals surface area contributed by atoms with Crippen molar-refractivity contribution in [3.05, 3.63) is 76.1 Å². The normalized spacial score (nSPS) is 18.4. The summed E-state index contributed by atoms with van der Waals surface area (Å²) < 4.78 is 0. The van der Waals surface area contributed by atoms with Crippen LogP contribution in [-0.4, -0.2) is 27.5 Å². The Morgan fingerprint density at radius 2 is 2.16 bits per heavy atom. The van der Waals surface area contributed by atoms with Crippen LogP contribution in [0.2, 0.25) is 0 Å². The predicted molar refractivity (Wildman–Crippen MR) is 107 cm³/mol. The molecule has 0 N–H and O–H groups in total. The number of carbonyl (C=O) groups is 1. The number of benzene rings is 1. The van der Waals surface area contributed by atoms with Crippen molar-refractivity contribution in [2.75, 3.05) is 6.54 Å². The van der Waals surface area contributed by atoms with Crippen LogP contribution < -0.4 is 0 Å². The molecule has 1 aliphatic heterocycles. The first kappa shape index (κ1) is 17.7. The molecule has 0 atom stereocenters. The molecule has 0 spiro atoms. The van der Waals surface area contributed by atoms with Crippen LogP contribution in [0.1, 0.15) is 5.56 Å². The molecule has 7 heteroatoms. The molecular formula is C18H14ClN3OS2.